The van der Waals surface area contributed by atoms with Crippen molar-refractivity contribution in [1.29, 1.82) is 0 Å². The van der Waals surface area contributed by atoms with Gasteiger partial charge in [-0.25, -0.2) is 13.6 Å². The van der Waals surface area contributed by atoms with Gasteiger partial charge in [0.25, 0.3) is 0 Å². The van der Waals surface area contributed by atoms with E-state index in [1.807, 2.05) is 0 Å². The molecule has 110 valence electrons. The molecule has 0 saturated carbocycles. The Morgan fingerprint density at radius 2 is 1.95 bits per heavy atom. The summed E-state index contributed by atoms with van der Waals surface area (Å²) < 4.78 is 60.2. The summed E-state index contributed by atoms with van der Waals surface area (Å²) in [6.45, 7) is -0.237. The summed E-state index contributed by atoms with van der Waals surface area (Å²) in [4.78, 5) is 12.7. The number of nitrogens with zero attached hydrogens (tertiary/aromatic N) is 1. The summed E-state index contributed by atoms with van der Waals surface area (Å²) in [6, 6.07) is 4.17. The fourth-order valence-electron chi connectivity index (χ4n) is 1.99. The highest BCUT2D eigenvalue weighted by atomic mass is 32.2. The molecule has 1 aliphatic rings. The Morgan fingerprint density at radius 1 is 1.30 bits per heavy atom. The topological polar surface area (TPSA) is 80.5 Å². The zero-order chi connectivity index (χ0) is 15.1. The highest BCUT2D eigenvalue weighted by Gasteiger charge is 2.38. The predicted octanol–water partition coefficient (Wildman–Crippen LogP) is 1.10. The SMILES string of the molecule is NS(=O)(=O)C1CC(=O)N(c2cccc(C(F)(F)F)c2)C1. The Labute approximate surface area is 113 Å². The van der Waals surface area contributed by atoms with Crippen molar-refractivity contribution < 1.29 is 26.4 Å². The molecule has 20 heavy (non-hydrogen) atoms. The van der Waals surface area contributed by atoms with Gasteiger partial charge in [0.05, 0.1) is 5.56 Å². The molecule has 0 radical (unpaired) electrons. The number of amides is 1. The third kappa shape index (κ3) is 2.93. The van der Waals surface area contributed by atoms with Crippen LogP contribution in [0.1, 0.15) is 12.0 Å². The molecule has 1 amide bonds. The summed E-state index contributed by atoms with van der Waals surface area (Å²) in [6.07, 6.45) is -4.85. The molecule has 2 N–H and O–H groups in total. The van der Waals surface area contributed by atoms with E-state index >= 15 is 0 Å². The minimum absolute atomic E-state index is 0.0102. The van der Waals surface area contributed by atoms with Crippen LogP contribution in [0, 0.1) is 0 Å². The molecule has 0 bridgehead atoms. The minimum Gasteiger partial charge on any atom is -0.311 e. The number of carbonyl (C=O) groups excluding carboxylic acids is 1. The Kier molecular flexibility index (Phi) is 3.51. The van der Waals surface area contributed by atoms with Crippen molar-refractivity contribution in [3.63, 3.8) is 0 Å². The molecule has 5 nitrogen and oxygen atoms in total. The second-order valence-electron chi connectivity index (χ2n) is 4.47. The third-order valence-corrected chi connectivity index (χ3v) is 4.28. The number of hydrogen-bond donors (Lipinski definition) is 1. The fourth-order valence-corrected chi connectivity index (χ4v) is 2.73. The van der Waals surface area contributed by atoms with Crippen molar-refractivity contribution in [2.75, 3.05) is 11.4 Å². The quantitative estimate of drug-likeness (QED) is 0.888. The molecule has 1 heterocycles. The van der Waals surface area contributed by atoms with E-state index in [0.29, 0.717) is 0 Å². The number of alkyl halides is 3. The molecule has 1 fully saturated rings. The van der Waals surface area contributed by atoms with E-state index < -0.39 is 32.9 Å². The largest absolute Gasteiger partial charge is 0.416 e. The highest BCUT2D eigenvalue weighted by Crippen LogP contribution is 2.33. The lowest BCUT2D eigenvalue weighted by Gasteiger charge is -2.18. The number of rotatable bonds is 2. The van der Waals surface area contributed by atoms with Gasteiger partial charge in [0.1, 0.15) is 5.25 Å². The molecule has 9 heteroatoms. The van der Waals surface area contributed by atoms with Crippen LogP contribution in [0.3, 0.4) is 0 Å². The first-order valence-corrected chi connectivity index (χ1v) is 7.19. The molecule has 1 saturated heterocycles. The number of sulfonamides is 1. The molecule has 0 aliphatic carbocycles. The number of hydrogen-bond acceptors (Lipinski definition) is 3. The van der Waals surface area contributed by atoms with E-state index in [0.717, 1.165) is 23.1 Å². The molecule has 1 aromatic rings. The van der Waals surface area contributed by atoms with Gasteiger partial charge in [-0.2, -0.15) is 13.2 Å². The lowest BCUT2D eigenvalue weighted by molar-refractivity contribution is -0.137. The van der Waals surface area contributed by atoms with E-state index in [1.165, 1.54) is 6.07 Å². The standard InChI is InChI=1S/C11H11F3N2O3S/c12-11(13,14)7-2-1-3-8(4-7)16-6-9(5-10(16)17)20(15,18)19/h1-4,9H,5-6H2,(H2,15,18,19). The van der Waals surface area contributed by atoms with E-state index in [-0.39, 0.29) is 18.7 Å². The Morgan fingerprint density at radius 3 is 2.45 bits per heavy atom. The Balaban J connectivity index is 2.32. The summed E-state index contributed by atoms with van der Waals surface area (Å²) in [5.74, 6) is -0.566. The van der Waals surface area contributed by atoms with E-state index in [9.17, 15) is 26.4 Å². The van der Waals surface area contributed by atoms with Crippen LogP contribution in [-0.2, 0) is 21.0 Å². The molecule has 1 unspecified atom stereocenters. The first-order chi connectivity index (χ1) is 9.09. The molecule has 2 rings (SSSR count). The summed E-state index contributed by atoms with van der Waals surface area (Å²) >= 11 is 0. The van der Waals surface area contributed by atoms with E-state index in [1.54, 1.807) is 0 Å². The van der Waals surface area contributed by atoms with Crippen LogP contribution in [0.15, 0.2) is 24.3 Å². The Bertz CT molecular complexity index is 643. The first-order valence-electron chi connectivity index (χ1n) is 5.58. The maximum atomic E-state index is 12.6. The highest BCUT2D eigenvalue weighted by molar-refractivity contribution is 7.89. The van der Waals surface area contributed by atoms with Crippen molar-refractivity contribution in [2.45, 2.75) is 17.8 Å². The van der Waals surface area contributed by atoms with Gasteiger partial charge in [-0.15, -0.1) is 0 Å². The second-order valence-corrected chi connectivity index (χ2v) is 6.31. The van der Waals surface area contributed by atoms with Crippen molar-refractivity contribution in [3.8, 4) is 0 Å². The molecule has 1 aliphatic heterocycles. The van der Waals surface area contributed by atoms with Crippen LogP contribution < -0.4 is 10.0 Å². The number of carbonyl (C=O) groups is 1. The van der Waals surface area contributed by atoms with Crippen LogP contribution in [0.4, 0.5) is 18.9 Å². The van der Waals surface area contributed by atoms with Crippen molar-refractivity contribution >= 4 is 21.6 Å². The number of benzene rings is 1. The van der Waals surface area contributed by atoms with Gasteiger partial charge in [-0.05, 0) is 18.2 Å². The molecule has 0 spiro atoms. The third-order valence-electron chi connectivity index (χ3n) is 3.04. The van der Waals surface area contributed by atoms with Crippen LogP contribution in [0.25, 0.3) is 0 Å². The predicted molar refractivity (Wildman–Crippen MR) is 65.3 cm³/mol. The second kappa shape index (κ2) is 4.74. The molecular formula is C11H11F3N2O3S. The zero-order valence-electron chi connectivity index (χ0n) is 10.1. The zero-order valence-corrected chi connectivity index (χ0v) is 10.9. The van der Waals surface area contributed by atoms with Gasteiger partial charge in [-0.1, -0.05) is 6.07 Å². The monoisotopic (exact) mass is 308 g/mol. The average Bonchev–Trinajstić information content (AvgIpc) is 2.70. The van der Waals surface area contributed by atoms with Gasteiger partial charge in [0.15, 0.2) is 0 Å². The van der Waals surface area contributed by atoms with Gasteiger partial charge >= 0.3 is 6.18 Å². The van der Waals surface area contributed by atoms with Gasteiger partial charge in [-0.3, -0.25) is 4.79 Å². The lowest BCUT2D eigenvalue weighted by Crippen LogP contribution is -2.32. The first kappa shape index (κ1) is 14.8. The van der Waals surface area contributed by atoms with Crippen molar-refractivity contribution in [1.82, 2.24) is 0 Å². The molecule has 0 aromatic heterocycles. The van der Waals surface area contributed by atoms with Crippen LogP contribution in [-0.4, -0.2) is 26.1 Å². The maximum absolute atomic E-state index is 12.6. The average molecular weight is 308 g/mol. The number of anilines is 1. The van der Waals surface area contributed by atoms with Gasteiger partial charge < -0.3 is 4.90 Å². The molecular weight excluding hydrogens is 297 g/mol. The molecule has 1 atom stereocenters. The van der Waals surface area contributed by atoms with Crippen molar-refractivity contribution in [2.24, 2.45) is 5.14 Å². The summed E-state index contributed by atoms with van der Waals surface area (Å²) in [7, 11) is -3.90. The number of primary sulfonamides is 1. The summed E-state index contributed by atoms with van der Waals surface area (Å²) in [5.41, 5.74) is -0.891. The van der Waals surface area contributed by atoms with Crippen molar-refractivity contribution in [3.05, 3.63) is 29.8 Å². The van der Waals surface area contributed by atoms with E-state index in [2.05, 4.69) is 0 Å². The van der Waals surface area contributed by atoms with E-state index in [4.69, 9.17) is 5.14 Å². The minimum atomic E-state index is -4.53. The lowest BCUT2D eigenvalue weighted by atomic mass is 10.2. The fraction of sp³-hybridized carbons (Fsp3) is 0.364. The summed E-state index contributed by atoms with van der Waals surface area (Å²) in [5, 5.41) is 3.86. The van der Waals surface area contributed by atoms with Crippen LogP contribution in [0.5, 0.6) is 0 Å². The van der Waals surface area contributed by atoms with Crippen LogP contribution >= 0.6 is 0 Å². The number of nitrogens with two attached hydrogens (primary N) is 1. The Hall–Kier alpha value is -1.61. The van der Waals surface area contributed by atoms with Crippen LogP contribution in [0.2, 0.25) is 0 Å². The normalized spacial score (nSPS) is 20.5. The molecule has 1 aromatic carbocycles. The smallest absolute Gasteiger partial charge is 0.311 e. The van der Waals surface area contributed by atoms with Gasteiger partial charge in [0.2, 0.25) is 15.9 Å². The van der Waals surface area contributed by atoms with Gasteiger partial charge in [0, 0.05) is 18.7 Å². The number of halogens is 3. The maximum Gasteiger partial charge on any atom is 0.416 e.